The number of piperazine rings is 1. The van der Waals surface area contributed by atoms with Crippen LogP contribution in [0.3, 0.4) is 0 Å². The largest absolute Gasteiger partial charge is 0.417 e. The van der Waals surface area contributed by atoms with Gasteiger partial charge in [-0.3, -0.25) is 9.36 Å². The van der Waals surface area contributed by atoms with Gasteiger partial charge in [0, 0.05) is 64.3 Å². The van der Waals surface area contributed by atoms with Crippen molar-refractivity contribution in [1.29, 1.82) is 0 Å². The average molecular weight is 630 g/mol. The van der Waals surface area contributed by atoms with Crippen LogP contribution in [-0.2, 0) is 17.5 Å². The van der Waals surface area contributed by atoms with Crippen molar-refractivity contribution in [1.82, 2.24) is 24.4 Å². The maximum atomic E-state index is 15.1. The van der Waals surface area contributed by atoms with Crippen molar-refractivity contribution in [3.8, 4) is 11.1 Å². The van der Waals surface area contributed by atoms with Crippen LogP contribution in [0.25, 0.3) is 32.4 Å². The molecule has 3 N–H and O–H groups in total. The van der Waals surface area contributed by atoms with Gasteiger partial charge in [0.2, 0.25) is 5.91 Å². The molecule has 226 valence electrons. The Labute approximate surface area is 253 Å². The third-order valence-electron chi connectivity index (χ3n) is 9.10. The summed E-state index contributed by atoms with van der Waals surface area (Å²) in [4.78, 5) is 42.5. The van der Waals surface area contributed by atoms with Gasteiger partial charge in [-0.25, -0.2) is 9.78 Å². The number of halogens is 3. The Kier molecular flexibility index (Phi) is 6.40. The van der Waals surface area contributed by atoms with Gasteiger partial charge < -0.3 is 20.5 Å². The molecule has 1 saturated carbocycles. The number of amides is 1. The Balaban J connectivity index is 1.52. The molecule has 3 aliphatic rings. The summed E-state index contributed by atoms with van der Waals surface area (Å²) in [6.45, 7) is 8.38. The van der Waals surface area contributed by atoms with E-state index in [2.05, 4.69) is 21.5 Å². The highest BCUT2D eigenvalue weighted by atomic mass is 32.2. The molecule has 2 aliphatic heterocycles. The summed E-state index contributed by atoms with van der Waals surface area (Å²) in [7, 11) is 0. The molecular weight excluding hydrogens is 599 g/mol. The number of hydrogen-bond donors (Lipinski definition) is 2. The molecule has 14 heteroatoms. The van der Waals surface area contributed by atoms with Crippen molar-refractivity contribution in [2.24, 2.45) is 5.41 Å². The molecule has 1 spiro atoms. The predicted octanol–water partition coefficient (Wildman–Crippen LogP) is 5.49. The van der Waals surface area contributed by atoms with Gasteiger partial charge in [-0.15, -0.1) is 23.1 Å². The van der Waals surface area contributed by atoms with E-state index in [0.29, 0.717) is 51.7 Å². The van der Waals surface area contributed by atoms with Crippen LogP contribution in [0.1, 0.15) is 38.7 Å². The maximum absolute atomic E-state index is 15.1. The van der Waals surface area contributed by atoms with E-state index in [1.807, 2.05) is 18.7 Å². The number of hydrogen-bond acceptors (Lipinski definition) is 8. The number of aromatic nitrogens is 4. The van der Waals surface area contributed by atoms with Crippen molar-refractivity contribution in [2.45, 2.75) is 62.8 Å². The van der Waals surface area contributed by atoms with Gasteiger partial charge in [0.05, 0.1) is 16.6 Å². The van der Waals surface area contributed by atoms with E-state index in [1.54, 1.807) is 14.8 Å². The number of alkyl halides is 3. The van der Waals surface area contributed by atoms with E-state index in [-0.39, 0.29) is 46.1 Å². The Morgan fingerprint density at radius 1 is 1.23 bits per heavy atom. The molecule has 3 aromatic heterocycles. The Morgan fingerprint density at radius 2 is 1.95 bits per heavy atom. The first-order valence-corrected chi connectivity index (χ1v) is 16.0. The number of fused-ring (bicyclic) bond motifs is 1. The lowest BCUT2D eigenvalue weighted by atomic mass is 9.70. The zero-order valence-corrected chi connectivity index (χ0v) is 25.3. The average Bonchev–Trinajstić information content (AvgIpc) is 3.41. The Morgan fingerprint density at radius 3 is 2.58 bits per heavy atom. The second-order valence-corrected chi connectivity index (χ2v) is 13.8. The lowest BCUT2D eigenvalue weighted by Gasteiger charge is -2.45. The van der Waals surface area contributed by atoms with Gasteiger partial charge >= 0.3 is 11.9 Å². The number of thiophene rings is 1. The fourth-order valence-electron chi connectivity index (χ4n) is 7.03. The first-order chi connectivity index (χ1) is 20.4. The minimum Gasteiger partial charge on any atom is -0.369 e. The highest BCUT2D eigenvalue weighted by molar-refractivity contribution is 7.99. The number of benzene rings is 1. The zero-order chi connectivity index (χ0) is 30.4. The minimum atomic E-state index is -4.70. The van der Waals surface area contributed by atoms with Crippen LogP contribution in [0.5, 0.6) is 0 Å². The number of carbonyl (C=O) groups excluding carboxylic acids is 1. The molecule has 1 aromatic carbocycles. The van der Waals surface area contributed by atoms with Crippen LogP contribution in [0.15, 0.2) is 33.8 Å². The fourth-order valence-corrected chi connectivity index (χ4v) is 9.48. The first-order valence-electron chi connectivity index (χ1n) is 14.1. The van der Waals surface area contributed by atoms with Crippen LogP contribution in [0, 0.1) is 5.41 Å². The van der Waals surface area contributed by atoms with Crippen LogP contribution >= 0.6 is 23.1 Å². The van der Waals surface area contributed by atoms with Crippen molar-refractivity contribution in [3.63, 3.8) is 0 Å². The molecule has 0 radical (unpaired) electrons. The van der Waals surface area contributed by atoms with Gasteiger partial charge in [-0.2, -0.15) is 18.2 Å². The van der Waals surface area contributed by atoms with Gasteiger partial charge in [-0.05, 0) is 44.2 Å². The summed E-state index contributed by atoms with van der Waals surface area (Å²) in [5, 5.41) is 1.96. The van der Waals surface area contributed by atoms with Crippen LogP contribution in [0.2, 0.25) is 0 Å². The molecule has 0 bridgehead atoms. The number of nitrogens with one attached hydrogen (secondary N) is 1. The molecule has 1 aliphatic carbocycles. The molecule has 2 atom stereocenters. The van der Waals surface area contributed by atoms with Crippen molar-refractivity contribution in [3.05, 3.63) is 40.1 Å². The van der Waals surface area contributed by atoms with E-state index < -0.39 is 17.4 Å². The zero-order valence-electron chi connectivity index (χ0n) is 23.6. The quantitative estimate of drug-likeness (QED) is 0.288. The van der Waals surface area contributed by atoms with E-state index in [0.717, 1.165) is 25.3 Å². The number of nitrogen functional groups attached to an aromatic ring is 1. The molecule has 0 unspecified atom stereocenters. The summed E-state index contributed by atoms with van der Waals surface area (Å²) in [5.41, 5.74) is 5.76. The van der Waals surface area contributed by atoms with E-state index in [9.17, 15) is 9.59 Å². The highest BCUT2D eigenvalue weighted by Gasteiger charge is 2.44. The number of anilines is 2. The monoisotopic (exact) mass is 629 g/mol. The van der Waals surface area contributed by atoms with Gasteiger partial charge in [-0.1, -0.05) is 13.0 Å². The summed E-state index contributed by atoms with van der Waals surface area (Å²) in [5.74, 6) is 0.728. The van der Waals surface area contributed by atoms with Gasteiger partial charge in [0.1, 0.15) is 10.6 Å². The molecule has 1 saturated heterocycles. The molecule has 4 aromatic rings. The summed E-state index contributed by atoms with van der Waals surface area (Å²) in [6, 6.07) is 0.608. The van der Waals surface area contributed by atoms with Crippen LogP contribution < -0.4 is 16.3 Å². The van der Waals surface area contributed by atoms with E-state index in [4.69, 9.17) is 5.73 Å². The van der Waals surface area contributed by atoms with E-state index >= 15 is 13.2 Å². The topological polar surface area (TPSA) is 113 Å². The van der Waals surface area contributed by atoms with Crippen molar-refractivity contribution < 1.29 is 18.0 Å². The maximum Gasteiger partial charge on any atom is 0.417 e. The molecule has 1 amide bonds. The summed E-state index contributed by atoms with van der Waals surface area (Å²) >= 11 is 2.62. The smallest absolute Gasteiger partial charge is 0.369 e. The Bertz CT molecular complexity index is 1860. The van der Waals surface area contributed by atoms with Crippen LogP contribution in [0.4, 0.5) is 24.9 Å². The van der Waals surface area contributed by atoms with Crippen molar-refractivity contribution >= 4 is 62.0 Å². The Hall–Kier alpha value is -3.52. The minimum absolute atomic E-state index is 0.0321. The third kappa shape index (κ3) is 4.35. The summed E-state index contributed by atoms with van der Waals surface area (Å²) < 4.78 is 46.9. The number of nitrogens with zero attached hydrogens (tertiary/aromatic N) is 5. The predicted molar refractivity (Wildman–Crippen MR) is 164 cm³/mol. The number of thioether (sulfide) groups is 1. The fraction of sp³-hybridized carbons (Fsp3) is 0.448. The highest BCUT2D eigenvalue weighted by Crippen LogP contribution is 2.54. The normalized spacial score (nSPS) is 21.8. The third-order valence-corrected chi connectivity index (χ3v) is 11.4. The standard InChI is InChI=1S/C29H30F3N7O2S2/c1-4-19(40)39-14(2)9-37(10-15(39)3)24-16-8-18(29(30,31)32)20(17-11-42-25-21(17)34-26(33)36-25)23-22(16)38(27(41)35-24)12-28(13-43-23)6-5-7-28/h4,8,11,14-15H,1,5-7,9-10,12-13H2,2-3H3,(H3,33,34,36)/t14-,15+. The summed E-state index contributed by atoms with van der Waals surface area (Å²) in [6.07, 6.45) is -0.616. The molecule has 5 heterocycles. The lowest BCUT2D eigenvalue weighted by molar-refractivity contribution is -0.137. The number of H-pyrrole nitrogens is 1. The second kappa shape index (κ2) is 9.74. The second-order valence-electron chi connectivity index (χ2n) is 12.0. The molecule has 43 heavy (non-hydrogen) atoms. The number of aromatic amines is 1. The SMILES string of the molecule is C=CC(=O)N1[C@H](C)CN(c2nc(=O)n3c4c(c(-c5csc6nc(N)[nH]c56)c(C(F)(F)F)cc24)SCC2(CCC2)C3)C[C@@H]1C. The lowest BCUT2D eigenvalue weighted by Crippen LogP contribution is -2.58. The number of rotatable bonds is 3. The van der Waals surface area contributed by atoms with Crippen molar-refractivity contribution in [2.75, 3.05) is 29.5 Å². The van der Waals surface area contributed by atoms with Crippen LogP contribution in [-0.4, -0.2) is 61.3 Å². The van der Waals surface area contributed by atoms with Gasteiger partial charge in [0.15, 0.2) is 5.95 Å². The number of imidazole rings is 1. The molecular formula is C29H30F3N7O2S2. The number of carbonyl (C=O) groups is 1. The van der Waals surface area contributed by atoms with E-state index in [1.165, 1.54) is 29.2 Å². The van der Waals surface area contributed by atoms with Gasteiger partial charge in [0.25, 0.3) is 0 Å². The molecule has 2 fully saturated rings. The molecule has 7 rings (SSSR count). The molecule has 9 nitrogen and oxygen atoms in total. The first kappa shape index (κ1) is 28.3. The number of nitrogens with two attached hydrogens (primary N) is 1.